The Morgan fingerprint density at radius 3 is 2.15 bits per heavy atom. The number of sulfonamides is 1. The summed E-state index contributed by atoms with van der Waals surface area (Å²) in [5.74, 6) is 0.760. The molecule has 12 heteroatoms. The van der Waals surface area contributed by atoms with Gasteiger partial charge < -0.3 is 19.4 Å². The molecule has 0 unspecified atom stereocenters. The van der Waals surface area contributed by atoms with Gasteiger partial charge in [-0.3, -0.25) is 9.69 Å². The quantitative estimate of drug-likeness (QED) is 0.341. The number of ether oxygens (including phenoxy) is 1. The highest BCUT2D eigenvalue weighted by atomic mass is 32.2. The fourth-order valence-corrected chi connectivity index (χ4v) is 8.22. The Kier molecular flexibility index (Phi) is 13.1. The van der Waals surface area contributed by atoms with Gasteiger partial charge in [0.15, 0.2) is 0 Å². The van der Waals surface area contributed by atoms with Crippen molar-refractivity contribution in [3.63, 3.8) is 0 Å². The van der Waals surface area contributed by atoms with Crippen LogP contribution in [0.1, 0.15) is 78.2 Å². The first-order valence-electron chi connectivity index (χ1n) is 17.5. The number of rotatable bonds is 11. The standard InChI is InChI=1S/C35H58FN5O5S/c1-27(2)25-41(33(42)26-38-20-22-39(23-21-38)34(43)46-35(3,4)5)31-12-15-37(16-13-31)17-14-32(29-8-7-9-30(36)24-29)28-10-18-40(19-11-28)47(6,44)45/h7-9,24,27-28,31-32H,10-23,25-26H2,1-6H3/t32-/m1/s1. The van der Waals surface area contributed by atoms with E-state index >= 15 is 0 Å². The minimum absolute atomic E-state index is 0.162. The molecular weight excluding hydrogens is 621 g/mol. The molecule has 3 saturated heterocycles. The minimum Gasteiger partial charge on any atom is -0.444 e. The summed E-state index contributed by atoms with van der Waals surface area (Å²) in [5, 5.41) is 0. The van der Waals surface area contributed by atoms with Crippen LogP contribution in [-0.2, 0) is 19.6 Å². The van der Waals surface area contributed by atoms with E-state index < -0.39 is 15.6 Å². The van der Waals surface area contributed by atoms with E-state index in [9.17, 15) is 22.4 Å². The maximum atomic E-state index is 14.3. The molecule has 0 saturated carbocycles. The maximum Gasteiger partial charge on any atom is 0.410 e. The molecule has 2 amide bonds. The summed E-state index contributed by atoms with van der Waals surface area (Å²) in [6.07, 6.45) is 5.26. The number of hydrogen-bond acceptors (Lipinski definition) is 7. The Morgan fingerprint density at radius 1 is 0.957 bits per heavy atom. The van der Waals surface area contributed by atoms with Crippen LogP contribution in [0.5, 0.6) is 0 Å². The Morgan fingerprint density at radius 2 is 1.60 bits per heavy atom. The molecule has 0 radical (unpaired) electrons. The lowest BCUT2D eigenvalue weighted by molar-refractivity contribution is -0.136. The number of piperazine rings is 1. The normalized spacial score (nSPS) is 20.8. The lowest BCUT2D eigenvalue weighted by Gasteiger charge is -2.41. The summed E-state index contributed by atoms with van der Waals surface area (Å²) < 4.78 is 45.5. The summed E-state index contributed by atoms with van der Waals surface area (Å²) >= 11 is 0. The van der Waals surface area contributed by atoms with Gasteiger partial charge in [-0.2, -0.15) is 0 Å². The molecule has 3 heterocycles. The summed E-state index contributed by atoms with van der Waals surface area (Å²) in [4.78, 5) is 34.6. The van der Waals surface area contributed by atoms with Gasteiger partial charge in [-0.1, -0.05) is 26.0 Å². The third kappa shape index (κ3) is 11.4. The topological polar surface area (TPSA) is 93.7 Å². The number of amides is 2. The predicted octanol–water partition coefficient (Wildman–Crippen LogP) is 4.47. The zero-order valence-corrected chi connectivity index (χ0v) is 30.3. The first-order valence-corrected chi connectivity index (χ1v) is 19.4. The number of benzene rings is 1. The molecule has 10 nitrogen and oxygen atoms in total. The summed E-state index contributed by atoms with van der Waals surface area (Å²) in [5.41, 5.74) is 0.470. The molecule has 3 aliphatic rings. The van der Waals surface area contributed by atoms with Crippen molar-refractivity contribution in [1.29, 1.82) is 0 Å². The molecule has 0 aliphatic carbocycles. The Bertz CT molecular complexity index is 1280. The van der Waals surface area contributed by atoms with E-state index in [1.54, 1.807) is 21.3 Å². The van der Waals surface area contributed by atoms with Gasteiger partial charge in [0.2, 0.25) is 15.9 Å². The van der Waals surface area contributed by atoms with E-state index in [1.807, 2.05) is 26.8 Å². The number of likely N-dealkylation sites (tertiary alicyclic amines) is 1. The second kappa shape index (κ2) is 16.4. The number of carbonyl (C=O) groups is 2. The second-order valence-electron chi connectivity index (χ2n) is 15.2. The average Bonchev–Trinajstić information content (AvgIpc) is 2.99. The molecule has 1 aromatic carbocycles. The van der Waals surface area contributed by atoms with Crippen LogP contribution >= 0.6 is 0 Å². The molecule has 3 fully saturated rings. The van der Waals surface area contributed by atoms with E-state index in [1.165, 1.54) is 12.3 Å². The van der Waals surface area contributed by atoms with E-state index in [0.717, 1.165) is 63.8 Å². The van der Waals surface area contributed by atoms with Crippen LogP contribution in [0.25, 0.3) is 0 Å². The molecule has 3 aliphatic heterocycles. The molecule has 47 heavy (non-hydrogen) atoms. The highest BCUT2D eigenvalue weighted by molar-refractivity contribution is 7.88. The molecule has 0 spiro atoms. The van der Waals surface area contributed by atoms with Gasteiger partial charge in [0, 0.05) is 64.9 Å². The number of nitrogens with zero attached hydrogens (tertiary/aromatic N) is 5. The fourth-order valence-electron chi connectivity index (χ4n) is 7.34. The van der Waals surface area contributed by atoms with Gasteiger partial charge in [-0.05, 0) is 94.9 Å². The van der Waals surface area contributed by atoms with E-state index in [0.29, 0.717) is 57.6 Å². The van der Waals surface area contributed by atoms with Crippen LogP contribution in [0, 0.1) is 17.7 Å². The van der Waals surface area contributed by atoms with Gasteiger partial charge in [0.05, 0.1) is 12.8 Å². The molecule has 1 atom stereocenters. The Labute approximate surface area is 282 Å². The highest BCUT2D eigenvalue weighted by Gasteiger charge is 2.34. The average molecular weight is 680 g/mol. The van der Waals surface area contributed by atoms with E-state index in [4.69, 9.17) is 4.74 Å². The maximum absolute atomic E-state index is 14.3. The van der Waals surface area contributed by atoms with Crippen molar-refractivity contribution in [2.45, 2.75) is 84.3 Å². The smallest absolute Gasteiger partial charge is 0.410 e. The van der Waals surface area contributed by atoms with Gasteiger partial charge in [0.1, 0.15) is 11.4 Å². The molecule has 0 bridgehead atoms. The third-order valence-corrected chi connectivity index (χ3v) is 11.1. The zero-order valence-electron chi connectivity index (χ0n) is 29.5. The van der Waals surface area contributed by atoms with Crippen molar-refractivity contribution in [3.05, 3.63) is 35.6 Å². The number of hydrogen-bond donors (Lipinski definition) is 0. The first kappa shape index (κ1) is 37.5. The lowest BCUT2D eigenvalue weighted by Crippen LogP contribution is -2.55. The largest absolute Gasteiger partial charge is 0.444 e. The fraction of sp³-hybridized carbons (Fsp3) is 0.771. The van der Waals surface area contributed by atoms with Crippen molar-refractivity contribution in [3.8, 4) is 0 Å². The third-order valence-electron chi connectivity index (χ3n) is 9.83. The zero-order chi connectivity index (χ0) is 34.4. The SMILES string of the molecule is CC(C)CN(C(=O)CN1CCN(C(=O)OC(C)(C)C)CC1)C1CCN(CC[C@@H](c2cccc(F)c2)C2CCN(S(C)(=O)=O)CC2)CC1. The summed E-state index contributed by atoms with van der Waals surface area (Å²) in [6.45, 7) is 17.1. The van der Waals surface area contributed by atoms with Crippen LogP contribution < -0.4 is 0 Å². The van der Waals surface area contributed by atoms with Gasteiger partial charge in [0.25, 0.3) is 0 Å². The Balaban J connectivity index is 1.29. The van der Waals surface area contributed by atoms with Crippen molar-refractivity contribution in [1.82, 2.24) is 23.9 Å². The molecule has 4 rings (SSSR count). The van der Waals surface area contributed by atoms with E-state index in [-0.39, 0.29) is 29.8 Å². The van der Waals surface area contributed by atoms with E-state index in [2.05, 4.69) is 28.5 Å². The molecule has 0 aromatic heterocycles. The second-order valence-corrected chi connectivity index (χ2v) is 17.2. The van der Waals surface area contributed by atoms with Crippen LogP contribution in [0.4, 0.5) is 9.18 Å². The van der Waals surface area contributed by atoms with Gasteiger partial charge in [-0.15, -0.1) is 0 Å². The Hall–Kier alpha value is -2.28. The van der Waals surface area contributed by atoms with Crippen molar-refractivity contribution < 1.29 is 27.1 Å². The van der Waals surface area contributed by atoms with Crippen LogP contribution in [0.2, 0.25) is 0 Å². The monoisotopic (exact) mass is 679 g/mol. The van der Waals surface area contributed by atoms with Gasteiger partial charge in [-0.25, -0.2) is 21.9 Å². The molecule has 1 aromatic rings. The summed E-state index contributed by atoms with van der Waals surface area (Å²) in [6, 6.07) is 7.10. The van der Waals surface area contributed by atoms with Crippen LogP contribution in [-0.4, -0.2) is 134 Å². The molecule has 266 valence electrons. The van der Waals surface area contributed by atoms with Crippen LogP contribution in [0.15, 0.2) is 24.3 Å². The minimum atomic E-state index is -3.21. The predicted molar refractivity (Wildman–Crippen MR) is 183 cm³/mol. The molecule has 0 N–H and O–H groups in total. The van der Waals surface area contributed by atoms with Gasteiger partial charge >= 0.3 is 6.09 Å². The molecular formula is C35H58FN5O5S. The highest BCUT2D eigenvalue weighted by Crippen LogP contribution is 2.36. The summed E-state index contributed by atoms with van der Waals surface area (Å²) in [7, 11) is -3.21. The lowest BCUT2D eigenvalue weighted by atomic mass is 9.78. The first-order chi connectivity index (χ1) is 22.1. The van der Waals surface area contributed by atoms with Crippen molar-refractivity contribution in [2.24, 2.45) is 11.8 Å². The number of carbonyl (C=O) groups excluding carboxylic acids is 2. The van der Waals surface area contributed by atoms with Crippen molar-refractivity contribution in [2.75, 3.05) is 78.2 Å². The van der Waals surface area contributed by atoms with Crippen LogP contribution in [0.3, 0.4) is 0 Å². The number of halogens is 1. The number of piperidine rings is 2. The van der Waals surface area contributed by atoms with Crippen molar-refractivity contribution >= 4 is 22.0 Å².